The summed E-state index contributed by atoms with van der Waals surface area (Å²) in [7, 11) is 1.52. The Labute approximate surface area is 176 Å². The van der Waals surface area contributed by atoms with E-state index in [0.717, 1.165) is 11.8 Å². The molecule has 9 nitrogen and oxygen atoms in total. The number of nitrogens with zero attached hydrogens (tertiary/aromatic N) is 3. The number of carboxylic acids is 1. The predicted molar refractivity (Wildman–Crippen MR) is 112 cm³/mol. The average Bonchev–Trinajstić information content (AvgIpc) is 2.72. The first-order chi connectivity index (χ1) is 13.9. The third kappa shape index (κ3) is 5.84. The number of thioether (sulfide) groups is 2. The van der Waals surface area contributed by atoms with Crippen molar-refractivity contribution >= 4 is 40.4 Å². The van der Waals surface area contributed by atoms with E-state index >= 15 is 0 Å². The fourth-order valence-electron chi connectivity index (χ4n) is 2.38. The molecule has 0 aliphatic heterocycles. The van der Waals surface area contributed by atoms with Gasteiger partial charge in [0.2, 0.25) is 5.91 Å². The number of amides is 1. The van der Waals surface area contributed by atoms with Crippen LogP contribution in [-0.2, 0) is 9.59 Å². The van der Waals surface area contributed by atoms with Crippen molar-refractivity contribution in [2.24, 2.45) is 5.16 Å². The van der Waals surface area contributed by atoms with E-state index in [0.29, 0.717) is 27.7 Å². The van der Waals surface area contributed by atoms with Gasteiger partial charge in [-0.25, -0.2) is 9.78 Å². The van der Waals surface area contributed by atoms with E-state index in [9.17, 15) is 19.9 Å². The zero-order valence-corrected chi connectivity index (χ0v) is 17.6. The van der Waals surface area contributed by atoms with E-state index in [-0.39, 0.29) is 10.8 Å². The van der Waals surface area contributed by atoms with E-state index < -0.39 is 17.9 Å². The highest BCUT2D eigenvalue weighted by Gasteiger charge is 2.24. The summed E-state index contributed by atoms with van der Waals surface area (Å²) in [6.07, 6.45) is 3.45. The van der Waals surface area contributed by atoms with E-state index in [4.69, 9.17) is 4.74 Å². The number of pyridine rings is 2. The molecule has 154 valence electrons. The Hall–Kier alpha value is -2.79. The largest absolute Gasteiger partial charge is 0.495 e. The number of methoxy groups -OCH3 is 1. The number of hydrogen-bond acceptors (Lipinski definition) is 9. The number of rotatable bonds is 8. The first kappa shape index (κ1) is 22.5. The molecular formula is C18H20N4O5S2. The van der Waals surface area contributed by atoms with Crippen LogP contribution in [0.25, 0.3) is 11.4 Å². The number of aliphatic carboxylic acids is 1. The molecular weight excluding hydrogens is 416 g/mol. The summed E-state index contributed by atoms with van der Waals surface area (Å²) in [6.45, 7) is 1.23. The molecule has 1 amide bonds. The minimum atomic E-state index is -1.19. The Morgan fingerprint density at radius 3 is 2.62 bits per heavy atom. The Balaban J connectivity index is 2.43. The summed E-state index contributed by atoms with van der Waals surface area (Å²) in [6, 6.07) is 5.97. The normalized spacial score (nSPS) is 12.3. The predicted octanol–water partition coefficient (Wildman–Crippen LogP) is 2.33. The minimum Gasteiger partial charge on any atom is -0.495 e. The number of carboxylic acid groups (broad SMARTS) is 1. The van der Waals surface area contributed by atoms with E-state index in [1.807, 2.05) is 12.3 Å². The van der Waals surface area contributed by atoms with Gasteiger partial charge in [-0.1, -0.05) is 23.0 Å². The van der Waals surface area contributed by atoms with E-state index in [1.165, 1.54) is 25.8 Å². The van der Waals surface area contributed by atoms with Crippen molar-refractivity contribution in [1.82, 2.24) is 15.3 Å². The molecule has 0 radical (unpaired) electrons. The van der Waals surface area contributed by atoms with Crippen molar-refractivity contribution in [3.8, 4) is 17.1 Å². The van der Waals surface area contributed by atoms with Gasteiger partial charge in [-0.15, -0.1) is 11.8 Å². The minimum absolute atomic E-state index is 0.0556. The SMILES string of the molecule is COc1cc(-c2ccccn2)nc(C(=NO)SC[C@H](NC(C)=O)C(=O)O)c1SC. The lowest BCUT2D eigenvalue weighted by Crippen LogP contribution is -2.41. The second-order valence-corrected chi connectivity index (χ2v) is 7.44. The fraction of sp³-hybridized carbons (Fsp3) is 0.278. The first-order valence-corrected chi connectivity index (χ1v) is 10.5. The molecule has 0 aromatic carbocycles. The van der Waals surface area contributed by atoms with Crippen LogP contribution in [0.5, 0.6) is 5.75 Å². The maximum absolute atomic E-state index is 11.4. The quantitative estimate of drug-likeness (QED) is 0.187. The topological polar surface area (TPSA) is 134 Å². The third-order valence-corrected chi connectivity index (χ3v) is 5.50. The molecule has 2 aromatic heterocycles. The fourth-order valence-corrected chi connectivity index (χ4v) is 4.01. The summed E-state index contributed by atoms with van der Waals surface area (Å²) in [5, 5.41) is 24.6. The molecule has 29 heavy (non-hydrogen) atoms. The lowest BCUT2D eigenvalue weighted by Gasteiger charge is -2.16. The maximum atomic E-state index is 11.4. The van der Waals surface area contributed by atoms with Gasteiger partial charge >= 0.3 is 5.97 Å². The van der Waals surface area contributed by atoms with E-state index in [1.54, 1.807) is 24.4 Å². The molecule has 11 heteroatoms. The Morgan fingerprint density at radius 1 is 1.34 bits per heavy atom. The van der Waals surface area contributed by atoms with Gasteiger partial charge in [0.1, 0.15) is 17.5 Å². The van der Waals surface area contributed by atoms with Gasteiger partial charge in [0.05, 0.1) is 23.4 Å². The summed E-state index contributed by atoms with van der Waals surface area (Å²) < 4.78 is 5.46. The molecule has 0 aliphatic carbocycles. The Bertz CT molecular complexity index is 909. The van der Waals surface area contributed by atoms with E-state index in [2.05, 4.69) is 20.4 Å². The van der Waals surface area contributed by atoms with Crippen LogP contribution in [-0.4, -0.2) is 62.4 Å². The monoisotopic (exact) mass is 436 g/mol. The van der Waals surface area contributed by atoms with Crippen molar-refractivity contribution in [3.05, 3.63) is 36.2 Å². The van der Waals surface area contributed by atoms with Gasteiger partial charge in [0.15, 0.2) is 5.04 Å². The lowest BCUT2D eigenvalue weighted by molar-refractivity contribution is -0.140. The molecule has 2 rings (SSSR count). The van der Waals surface area contributed by atoms with Crippen molar-refractivity contribution < 1.29 is 24.6 Å². The van der Waals surface area contributed by atoms with Crippen molar-refractivity contribution in [1.29, 1.82) is 0 Å². The molecule has 0 aliphatic rings. The second kappa shape index (κ2) is 10.7. The number of hydrogen-bond donors (Lipinski definition) is 3. The van der Waals surface area contributed by atoms with Gasteiger partial charge in [-0.05, 0) is 18.4 Å². The van der Waals surface area contributed by atoms with Crippen molar-refractivity contribution in [2.75, 3.05) is 19.1 Å². The summed E-state index contributed by atoms with van der Waals surface area (Å²) in [5.41, 5.74) is 1.44. The number of carbonyl (C=O) groups is 2. The average molecular weight is 437 g/mol. The van der Waals surface area contributed by atoms with Crippen molar-refractivity contribution in [2.45, 2.75) is 17.9 Å². The maximum Gasteiger partial charge on any atom is 0.327 e. The standard InChI is InChI=1S/C18H20N4O5S2/c1-10(23)20-13(18(24)25)9-29-17(22-26)15-16(28-3)14(27-2)8-12(21-15)11-6-4-5-7-19-11/h4-8,13,26H,9H2,1-3H3,(H,20,23)(H,24,25)/t13-/m0/s1. The molecule has 0 spiro atoms. The summed E-state index contributed by atoms with van der Waals surface area (Å²) >= 11 is 2.30. The van der Waals surface area contributed by atoms with Crippen LogP contribution in [0.3, 0.4) is 0 Å². The van der Waals surface area contributed by atoms with Gasteiger partial charge in [0, 0.05) is 24.9 Å². The second-order valence-electron chi connectivity index (χ2n) is 5.61. The zero-order chi connectivity index (χ0) is 21.4. The zero-order valence-electron chi connectivity index (χ0n) is 15.9. The number of nitrogens with one attached hydrogen (secondary N) is 1. The molecule has 0 saturated heterocycles. The molecule has 1 atom stereocenters. The molecule has 0 unspecified atom stereocenters. The summed E-state index contributed by atoms with van der Waals surface area (Å²) in [5.74, 6) is -1.20. The van der Waals surface area contributed by atoms with Gasteiger partial charge in [-0.3, -0.25) is 9.78 Å². The molecule has 3 N–H and O–H groups in total. The number of carbonyl (C=O) groups excluding carboxylic acids is 1. The number of ether oxygens (including phenoxy) is 1. The van der Waals surface area contributed by atoms with Gasteiger partial charge in [-0.2, -0.15) is 0 Å². The Morgan fingerprint density at radius 2 is 2.10 bits per heavy atom. The number of oxime groups is 1. The molecule has 2 aromatic rings. The van der Waals surface area contributed by atoms with Crippen molar-refractivity contribution in [3.63, 3.8) is 0 Å². The highest BCUT2D eigenvalue weighted by Crippen LogP contribution is 2.35. The smallest absolute Gasteiger partial charge is 0.327 e. The highest BCUT2D eigenvalue weighted by molar-refractivity contribution is 8.14. The molecule has 2 heterocycles. The van der Waals surface area contributed by atoms with Gasteiger partial charge < -0.3 is 20.4 Å². The Kier molecular flexibility index (Phi) is 8.28. The van der Waals surface area contributed by atoms with Crippen LogP contribution in [0.2, 0.25) is 0 Å². The van der Waals surface area contributed by atoms with Crippen LogP contribution in [0.1, 0.15) is 12.6 Å². The van der Waals surface area contributed by atoms with Crippen LogP contribution in [0.4, 0.5) is 0 Å². The first-order valence-electron chi connectivity index (χ1n) is 8.30. The molecule has 0 saturated carbocycles. The van der Waals surface area contributed by atoms with Crippen LogP contribution < -0.4 is 10.1 Å². The molecule has 0 fully saturated rings. The number of aromatic nitrogens is 2. The third-order valence-electron chi connectivity index (χ3n) is 3.65. The lowest BCUT2D eigenvalue weighted by atomic mass is 10.2. The summed E-state index contributed by atoms with van der Waals surface area (Å²) in [4.78, 5) is 32.1. The van der Waals surface area contributed by atoms with Crippen LogP contribution in [0.15, 0.2) is 40.5 Å². The van der Waals surface area contributed by atoms with Crippen LogP contribution >= 0.6 is 23.5 Å². The van der Waals surface area contributed by atoms with Crippen LogP contribution in [0, 0.1) is 0 Å². The highest BCUT2D eigenvalue weighted by atomic mass is 32.2. The van der Waals surface area contributed by atoms with Gasteiger partial charge in [0.25, 0.3) is 0 Å². The molecule has 0 bridgehead atoms.